The van der Waals surface area contributed by atoms with Crippen molar-refractivity contribution in [2.45, 2.75) is 39.0 Å². The number of halogens is 2. The Morgan fingerprint density at radius 3 is 2.63 bits per heavy atom. The van der Waals surface area contributed by atoms with Crippen LogP contribution in [-0.4, -0.2) is 12.4 Å². The number of nitrogens with one attached hydrogen (secondary N) is 1. The van der Waals surface area contributed by atoms with Crippen molar-refractivity contribution in [1.29, 1.82) is 5.41 Å². The van der Waals surface area contributed by atoms with Gasteiger partial charge in [-0.25, -0.2) is 4.39 Å². The minimum Gasteiger partial charge on any atom is -0.490 e. The highest BCUT2D eigenvalue weighted by molar-refractivity contribution is 9.10. The maximum absolute atomic E-state index is 13.9. The highest BCUT2D eigenvalue weighted by Crippen LogP contribution is 2.28. The number of ether oxygens (including phenoxy) is 1. The van der Waals surface area contributed by atoms with Gasteiger partial charge in [0.05, 0.1) is 11.1 Å². The zero-order valence-electron chi connectivity index (χ0n) is 11.1. The normalized spacial score (nSPS) is 10.5. The predicted molar refractivity (Wildman–Crippen MR) is 79.4 cm³/mol. The van der Waals surface area contributed by atoms with E-state index in [9.17, 15) is 4.39 Å². The third kappa shape index (κ3) is 4.82. The third-order valence-corrected chi connectivity index (χ3v) is 3.62. The maximum Gasteiger partial charge on any atom is 0.179 e. The number of rotatable bonds is 8. The van der Waals surface area contributed by atoms with Gasteiger partial charge in [0, 0.05) is 5.56 Å². The van der Waals surface area contributed by atoms with Gasteiger partial charge in [-0.05, 0) is 34.5 Å². The lowest BCUT2D eigenvalue weighted by molar-refractivity contribution is 0.289. The van der Waals surface area contributed by atoms with Crippen LogP contribution in [0.25, 0.3) is 0 Å². The molecule has 106 valence electrons. The highest BCUT2D eigenvalue weighted by atomic mass is 79.9. The first kappa shape index (κ1) is 16.0. The summed E-state index contributed by atoms with van der Waals surface area (Å²) >= 11 is 3.10. The van der Waals surface area contributed by atoms with Crippen molar-refractivity contribution in [3.8, 4) is 5.75 Å². The monoisotopic (exact) mass is 330 g/mol. The molecule has 0 atom stereocenters. The summed E-state index contributed by atoms with van der Waals surface area (Å²) in [5.41, 5.74) is 5.69. The van der Waals surface area contributed by atoms with E-state index in [1.54, 1.807) is 6.07 Å². The second kappa shape index (κ2) is 8.15. The summed E-state index contributed by atoms with van der Waals surface area (Å²) in [5.74, 6) is -0.467. The van der Waals surface area contributed by atoms with Gasteiger partial charge in [0.15, 0.2) is 11.6 Å². The Kier molecular flexibility index (Phi) is 6.84. The molecule has 0 aliphatic rings. The lowest BCUT2D eigenvalue weighted by Gasteiger charge is -2.10. The standard InChI is InChI=1S/C14H20BrFN2O/c1-2-3-4-5-6-9-19-11-8-7-10(14(17)18)12(15)13(11)16/h7-8H,2-6,9H2,1H3,(H3,17,18). The topological polar surface area (TPSA) is 59.1 Å². The molecule has 0 aliphatic carbocycles. The van der Waals surface area contributed by atoms with Crippen LogP contribution in [-0.2, 0) is 0 Å². The molecule has 0 saturated carbocycles. The average molecular weight is 331 g/mol. The highest BCUT2D eigenvalue weighted by Gasteiger charge is 2.13. The molecule has 19 heavy (non-hydrogen) atoms. The summed E-state index contributed by atoms with van der Waals surface area (Å²) < 4.78 is 19.5. The molecule has 0 fully saturated rings. The van der Waals surface area contributed by atoms with Crippen LogP contribution in [0.1, 0.15) is 44.6 Å². The van der Waals surface area contributed by atoms with Crippen LogP contribution < -0.4 is 10.5 Å². The van der Waals surface area contributed by atoms with Gasteiger partial charge < -0.3 is 10.5 Å². The zero-order valence-corrected chi connectivity index (χ0v) is 12.7. The van der Waals surface area contributed by atoms with Crippen molar-refractivity contribution >= 4 is 21.8 Å². The predicted octanol–water partition coefficient (Wildman–Crippen LogP) is 4.22. The summed E-state index contributed by atoms with van der Waals surface area (Å²) in [6.07, 6.45) is 5.64. The van der Waals surface area contributed by atoms with Crippen molar-refractivity contribution in [3.63, 3.8) is 0 Å². The van der Waals surface area contributed by atoms with E-state index in [1.807, 2.05) is 0 Å². The number of nitrogen functional groups attached to an aromatic ring is 1. The summed E-state index contributed by atoms with van der Waals surface area (Å²) in [6, 6.07) is 3.10. The van der Waals surface area contributed by atoms with Gasteiger partial charge in [0.2, 0.25) is 0 Å². The SMILES string of the molecule is CCCCCCCOc1ccc(C(=N)N)c(Br)c1F. The molecule has 0 aliphatic heterocycles. The van der Waals surface area contributed by atoms with Crippen LogP contribution in [0.5, 0.6) is 5.75 Å². The molecule has 0 aromatic heterocycles. The molecule has 5 heteroatoms. The zero-order chi connectivity index (χ0) is 14.3. The molecule has 0 unspecified atom stereocenters. The fraction of sp³-hybridized carbons (Fsp3) is 0.500. The lowest BCUT2D eigenvalue weighted by Crippen LogP contribution is -2.13. The molecule has 0 bridgehead atoms. The van der Waals surface area contributed by atoms with Crippen LogP contribution >= 0.6 is 15.9 Å². The van der Waals surface area contributed by atoms with Crippen LogP contribution in [0, 0.1) is 11.2 Å². The van der Waals surface area contributed by atoms with E-state index < -0.39 is 5.82 Å². The second-order valence-electron chi connectivity index (χ2n) is 4.42. The van der Waals surface area contributed by atoms with E-state index in [2.05, 4.69) is 22.9 Å². The van der Waals surface area contributed by atoms with E-state index in [1.165, 1.54) is 25.3 Å². The van der Waals surface area contributed by atoms with Crippen LogP contribution in [0.4, 0.5) is 4.39 Å². The Bertz CT molecular complexity index is 438. The van der Waals surface area contributed by atoms with Crippen molar-refractivity contribution in [2.24, 2.45) is 5.73 Å². The Balaban J connectivity index is 2.51. The van der Waals surface area contributed by atoms with Crippen LogP contribution in [0.3, 0.4) is 0 Å². The van der Waals surface area contributed by atoms with E-state index in [4.69, 9.17) is 15.9 Å². The van der Waals surface area contributed by atoms with Gasteiger partial charge in [0.25, 0.3) is 0 Å². The molecule has 1 aromatic carbocycles. The van der Waals surface area contributed by atoms with Crippen molar-refractivity contribution in [1.82, 2.24) is 0 Å². The molecule has 1 aromatic rings. The molecule has 0 amide bonds. The largest absolute Gasteiger partial charge is 0.490 e. The Morgan fingerprint density at radius 2 is 2.00 bits per heavy atom. The molecular weight excluding hydrogens is 311 g/mol. The fourth-order valence-corrected chi connectivity index (χ4v) is 2.28. The van der Waals surface area contributed by atoms with Gasteiger partial charge in [-0.15, -0.1) is 0 Å². The van der Waals surface area contributed by atoms with E-state index in [0.29, 0.717) is 12.2 Å². The van der Waals surface area contributed by atoms with E-state index in [0.717, 1.165) is 12.8 Å². The van der Waals surface area contributed by atoms with Crippen molar-refractivity contribution in [3.05, 3.63) is 28.0 Å². The van der Waals surface area contributed by atoms with Gasteiger partial charge in [-0.1, -0.05) is 32.6 Å². The number of amidine groups is 1. The summed E-state index contributed by atoms with van der Waals surface area (Å²) in [6.45, 7) is 2.67. The Labute approximate surface area is 122 Å². The molecule has 0 heterocycles. The Hall–Kier alpha value is -1.10. The summed E-state index contributed by atoms with van der Waals surface area (Å²) in [4.78, 5) is 0. The van der Waals surface area contributed by atoms with Crippen molar-refractivity contribution in [2.75, 3.05) is 6.61 Å². The van der Waals surface area contributed by atoms with Gasteiger partial charge >= 0.3 is 0 Å². The number of nitrogens with two attached hydrogens (primary N) is 1. The smallest absolute Gasteiger partial charge is 0.179 e. The van der Waals surface area contributed by atoms with Crippen molar-refractivity contribution < 1.29 is 9.13 Å². The fourth-order valence-electron chi connectivity index (χ4n) is 1.74. The molecule has 0 radical (unpaired) electrons. The molecular formula is C14H20BrFN2O. The van der Waals surface area contributed by atoms with Crippen LogP contribution in [0.15, 0.2) is 16.6 Å². The number of unbranched alkanes of at least 4 members (excludes halogenated alkanes) is 4. The second-order valence-corrected chi connectivity index (χ2v) is 5.21. The van der Waals surface area contributed by atoms with Gasteiger partial charge in [-0.2, -0.15) is 0 Å². The van der Waals surface area contributed by atoms with Crippen LogP contribution in [0.2, 0.25) is 0 Å². The molecule has 0 spiro atoms. The molecule has 3 N–H and O–H groups in total. The number of hydrogen-bond donors (Lipinski definition) is 2. The summed E-state index contributed by atoms with van der Waals surface area (Å²) in [7, 11) is 0. The summed E-state index contributed by atoms with van der Waals surface area (Å²) in [5, 5.41) is 7.32. The minimum atomic E-state index is -0.499. The third-order valence-electron chi connectivity index (χ3n) is 2.84. The average Bonchev–Trinajstić information content (AvgIpc) is 2.38. The Morgan fingerprint density at radius 1 is 1.32 bits per heavy atom. The van der Waals surface area contributed by atoms with Gasteiger partial charge in [-0.3, -0.25) is 5.41 Å². The molecule has 3 nitrogen and oxygen atoms in total. The maximum atomic E-state index is 13.9. The lowest BCUT2D eigenvalue weighted by atomic mass is 10.1. The minimum absolute atomic E-state index is 0.170. The quantitative estimate of drug-likeness (QED) is 0.426. The molecule has 0 saturated heterocycles. The van der Waals surface area contributed by atoms with E-state index in [-0.39, 0.29) is 16.1 Å². The van der Waals surface area contributed by atoms with Gasteiger partial charge in [0.1, 0.15) is 5.84 Å². The number of benzene rings is 1. The first-order valence-corrected chi connectivity index (χ1v) is 7.32. The first-order chi connectivity index (χ1) is 9.07. The molecule has 1 rings (SSSR count). The van der Waals surface area contributed by atoms with E-state index >= 15 is 0 Å². The first-order valence-electron chi connectivity index (χ1n) is 6.53. The number of hydrogen-bond acceptors (Lipinski definition) is 2.